The van der Waals surface area contributed by atoms with Gasteiger partial charge < -0.3 is 5.32 Å². The van der Waals surface area contributed by atoms with E-state index in [1.165, 1.54) is 16.7 Å². The number of hydrogen-bond donors (Lipinski definition) is 1. The molecule has 0 fully saturated rings. The molecule has 0 aromatic heterocycles. The SMILES string of the molecule is O=C(NCCSc1ccc(Cl)cc1)c1ccc(CN2CCc3ccccc3C2)cc1. The first-order valence-corrected chi connectivity index (χ1v) is 11.6. The lowest BCUT2D eigenvalue weighted by Crippen LogP contribution is -2.30. The van der Waals surface area contributed by atoms with Gasteiger partial charge in [-0.2, -0.15) is 0 Å². The van der Waals surface area contributed by atoms with Gasteiger partial charge in [0.2, 0.25) is 0 Å². The third kappa shape index (κ3) is 5.66. The number of carbonyl (C=O) groups is 1. The summed E-state index contributed by atoms with van der Waals surface area (Å²) in [6.45, 7) is 3.60. The molecule has 0 bridgehead atoms. The Bertz CT molecular complexity index is 989. The van der Waals surface area contributed by atoms with E-state index in [1.807, 2.05) is 36.4 Å². The minimum atomic E-state index is -0.0230. The first kappa shape index (κ1) is 21.0. The predicted octanol–water partition coefficient (Wildman–Crippen LogP) is 5.42. The molecular weight excluding hydrogens is 412 g/mol. The van der Waals surface area contributed by atoms with Crippen molar-refractivity contribution in [1.82, 2.24) is 10.2 Å². The second kappa shape index (κ2) is 10.2. The van der Waals surface area contributed by atoms with Crippen molar-refractivity contribution >= 4 is 29.3 Å². The molecule has 154 valence electrons. The number of nitrogens with one attached hydrogen (secondary N) is 1. The van der Waals surface area contributed by atoms with Crippen molar-refractivity contribution in [1.29, 1.82) is 0 Å². The fourth-order valence-electron chi connectivity index (χ4n) is 3.68. The van der Waals surface area contributed by atoms with Gasteiger partial charge in [0.1, 0.15) is 0 Å². The number of amides is 1. The smallest absolute Gasteiger partial charge is 0.251 e. The van der Waals surface area contributed by atoms with Crippen LogP contribution in [0.5, 0.6) is 0 Å². The molecule has 0 unspecified atom stereocenters. The van der Waals surface area contributed by atoms with E-state index >= 15 is 0 Å². The normalized spacial score (nSPS) is 13.6. The molecule has 1 heterocycles. The van der Waals surface area contributed by atoms with Crippen molar-refractivity contribution < 1.29 is 4.79 Å². The average molecular weight is 437 g/mol. The quantitative estimate of drug-likeness (QED) is 0.396. The average Bonchev–Trinajstić information content (AvgIpc) is 2.78. The third-order valence-corrected chi connectivity index (χ3v) is 6.57. The molecule has 0 aliphatic carbocycles. The zero-order valence-corrected chi connectivity index (χ0v) is 18.4. The summed E-state index contributed by atoms with van der Waals surface area (Å²) in [5, 5.41) is 3.73. The van der Waals surface area contributed by atoms with Crippen LogP contribution in [0, 0.1) is 0 Å². The minimum Gasteiger partial charge on any atom is -0.351 e. The van der Waals surface area contributed by atoms with E-state index in [-0.39, 0.29) is 5.91 Å². The van der Waals surface area contributed by atoms with E-state index in [2.05, 4.69) is 46.6 Å². The third-order valence-electron chi connectivity index (χ3n) is 5.30. The summed E-state index contributed by atoms with van der Waals surface area (Å²) >= 11 is 7.60. The summed E-state index contributed by atoms with van der Waals surface area (Å²) in [6.07, 6.45) is 1.10. The Hall–Kier alpha value is -2.27. The molecule has 3 nitrogen and oxygen atoms in total. The summed E-state index contributed by atoms with van der Waals surface area (Å²) in [4.78, 5) is 16.0. The first-order chi connectivity index (χ1) is 14.7. The highest BCUT2D eigenvalue weighted by Gasteiger charge is 2.15. The number of rotatable bonds is 7. The van der Waals surface area contributed by atoms with Gasteiger partial charge in [0.25, 0.3) is 5.91 Å². The molecule has 0 radical (unpaired) electrons. The van der Waals surface area contributed by atoms with Crippen molar-refractivity contribution in [2.24, 2.45) is 0 Å². The van der Waals surface area contributed by atoms with E-state index in [0.717, 1.165) is 41.7 Å². The molecule has 1 N–H and O–H groups in total. The number of nitrogens with zero attached hydrogens (tertiary/aromatic N) is 1. The lowest BCUT2D eigenvalue weighted by atomic mass is 9.99. The zero-order chi connectivity index (χ0) is 20.8. The Morgan fingerprint density at radius 2 is 1.70 bits per heavy atom. The molecule has 0 saturated carbocycles. The van der Waals surface area contributed by atoms with Gasteiger partial charge in [0.15, 0.2) is 0 Å². The van der Waals surface area contributed by atoms with Gasteiger partial charge in [-0.3, -0.25) is 9.69 Å². The van der Waals surface area contributed by atoms with Gasteiger partial charge in [0, 0.05) is 47.4 Å². The number of carbonyl (C=O) groups excluding carboxylic acids is 1. The lowest BCUT2D eigenvalue weighted by Gasteiger charge is -2.28. The Morgan fingerprint density at radius 1 is 0.967 bits per heavy atom. The summed E-state index contributed by atoms with van der Waals surface area (Å²) in [5.74, 6) is 0.798. The maximum atomic E-state index is 12.4. The Labute approximate surface area is 187 Å². The summed E-state index contributed by atoms with van der Waals surface area (Å²) in [7, 11) is 0. The fraction of sp³-hybridized carbons (Fsp3) is 0.240. The molecule has 0 atom stereocenters. The first-order valence-electron chi connectivity index (χ1n) is 10.2. The van der Waals surface area contributed by atoms with Crippen LogP contribution < -0.4 is 5.32 Å². The van der Waals surface area contributed by atoms with Crippen molar-refractivity contribution in [2.75, 3.05) is 18.8 Å². The summed E-state index contributed by atoms with van der Waals surface area (Å²) < 4.78 is 0. The number of benzene rings is 3. The monoisotopic (exact) mass is 436 g/mol. The van der Waals surface area contributed by atoms with E-state index in [9.17, 15) is 4.79 Å². The molecular formula is C25H25ClN2OS. The molecule has 1 amide bonds. The molecule has 5 heteroatoms. The molecule has 3 aromatic rings. The van der Waals surface area contributed by atoms with Gasteiger partial charge in [-0.1, -0.05) is 48.0 Å². The maximum Gasteiger partial charge on any atom is 0.251 e. The summed E-state index contributed by atoms with van der Waals surface area (Å²) in [6, 6.07) is 24.4. The number of thioether (sulfide) groups is 1. The maximum absolute atomic E-state index is 12.4. The number of hydrogen-bond acceptors (Lipinski definition) is 3. The number of halogens is 1. The lowest BCUT2D eigenvalue weighted by molar-refractivity contribution is 0.0956. The van der Waals surface area contributed by atoms with Crippen molar-refractivity contribution in [3.8, 4) is 0 Å². The fourth-order valence-corrected chi connectivity index (χ4v) is 4.57. The molecule has 1 aliphatic heterocycles. The number of fused-ring (bicyclic) bond motifs is 1. The minimum absolute atomic E-state index is 0.0230. The zero-order valence-electron chi connectivity index (χ0n) is 16.8. The van der Waals surface area contributed by atoms with Crippen LogP contribution in [0.25, 0.3) is 0 Å². The van der Waals surface area contributed by atoms with Crippen LogP contribution in [0.4, 0.5) is 0 Å². The highest BCUT2D eigenvalue weighted by Crippen LogP contribution is 2.21. The topological polar surface area (TPSA) is 32.3 Å². The second-order valence-electron chi connectivity index (χ2n) is 7.48. The highest BCUT2D eigenvalue weighted by molar-refractivity contribution is 7.99. The van der Waals surface area contributed by atoms with Crippen LogP contribution in [0.3, 0.4) is 0 Å². The van der Waals surface area contributed by atoms with Gasteiger partial charge in [-0.05, 0) is 59.5 Å². The summed E-state index contributed by atoms with van der Waals surface area (Å²) in [5.41, 5.74) is 4.84. The van der Waals surface area contributed by atoms with E-state index in [4.69, 9.17) is 11.6 Å². The van der Waals surface area contributed by atoms with E-state index in [0.29, 0.717) is 12.1 Å². The van der Waals surface area contributed by atoms with Crippen LogP contribution in [-0.4, -0.2) is 29.6 Å². The Morgan fingerprint density at radius 3 is 2.47 bits per heavy atom. The van der Waals surface area contributed by atoms with Crippen LogP contribution in [0.1, 0.15) is 27.0 Å². The van der Waals surface area contributed by atoms with Crippen LogP contribution >= 0.6 is 23.4 Å². The molecule has 4 rings (SSSR count). The molecule has 0 saturated heterocycles. The standard InChI is InChI=1S/C25H25ClN2OS/c26-23-9-11-24(12-10-23)30-16-14-27-25(29)21-7-5-19(6-8-21)17-28-15-13-20-3-1-2-4-22(20)18-28/h1-12H,13-18H2,(H,27,29). The van der Waals surface area contributed by atoms with Gasteiger partial charge in [-0.15, -0.1) is 11.8 Å². The van der Waals surface area contributed by atoms with Crippen LogP contribution in [-0.2, 0) is 19.5 Å². The van der Waals surface area contributed by atoms with Gasteiger partial charge >= 0.3 is 0 Å². The Kier molecular flexibility index (Phi) is 7.11. The second-order valence-corrected chi connectivity index (χ2v) is 9.09. The van der Waals surface area contributed by atoms with Gasteiger partial charge in [0.05, 0.1) is 0 Å². The molecule has 1 aliphatic rings. The van der Waals surface area contributed by atoms with Crippen LogP contribution in [0.15, 0.2) is 77.7 Å². The van der Waals surface area contributed by atoms with E-state index in [1.54, 1.807) is 11.8 Å². The van der Waals surface area contributed by atoms with Crippen LogP contribution in [0.2, 0.25) is 5.02 Å². The molecule has 3 aromatic carbocycles. The van der Waals surface area contributed by atoms with Crippen molar-refractivity contribution in [2.45, 2.75) is 24.4 Å². The Balaban J connectivity index is 1.23. The largest absolute Gasteiger partial charge is 0.351 e. The highest BCUT2D eigenvalue weighted by atomic mass is 35.5. The van der Waals surface area contributed by atoms with Crippen molar-refractivity contribution in [3.63, 3.8) is 0 Å². The molecule has 0 spiro atoms. The predicted molar refractivity (Wildman–Crippen MR) is 125 cm³/mol. The van der Waals surface area contributed by atoms with Gasteiger partial charge in [-0.25, -0.2) is 0 Å². The van der Waals surface area contributed by atoms with E-state index < -0.39 is 0 Å². The van der Waals surface area contributed by atoms with Crippen molar-refractivity contribution in [3.05, 3.63) is 100 Å². The molecule has 30 heavy (non-hydrogen) atoms.